The minimum Gasteiger partial charge on any atom is -0.374 e. The van der Waals surface area contributed by atoms with E-state index in [-0.39, 0.29) is 11.9 Å². The number of nitrogens with one attached hydrogen (secondary N) is 2. The summed E-state index contributed by atoms with van der Waals surface area (Å²) in [6.45, 7) is 4.21. The molecular formula is C11H20N4O2. The van der Waals surface area contributed by atoms with Gasteiger partial charge in [0.15, 0.2) is 5.69 Å². The molecule has 0 bridgehead atoms. The van der Waals surface area contributed by atoms with Gasteiger partial charge in [-0.1, -0.05) is 37.7 Å². The van der Waals surface area contributed by atoms with Gasteiger partial charge >= 0.3 is 5.82 Å². The number of hydrogen-bond acceptors (Lipinski definition) is 4. The third-order valence-electron chi connectivity index (χ3n) is 2.69. The first-order chi connectivity index (χ1) is 8.15. The minimum atomic E-state index is -0.459. The number of hydrogen-bond donors (Lipinski definition) is 2. The van der Waals surface area contributed by atoms with Crippen LogP contribution in [0.1, 0.15) is 46.0 Å². The molecule has 0 aliphatic rings. The third-order valence-corrected chi connectivity index (χ3v) is 2.69. The minimum absolute atomic E-state index is 0.0644. The van der Waals surface area contributed by atoms with Gasteiger partial charge in [0.25, 0.3) is 0 Å². The van der Waals surface area contributed by atoms with Crippen LogP contribution in [0, 0.1) is 10.1 Å². The van der Waals surface area contributed by atoms with Crippen LogP contribution in [0.5, 0.6) is 0 Å². The highest BCUT2D eigenvalue weighted by molar-refractivity contribution is 5.55. The SMILES string of the molecule is CCCCCCC(C)Nc1cn[nH]c1[N+](=O)[O-]. The largest absolute Gasteiger partial charge is 0.374 e. The number of aromatic amines is 1. The highest BCUT2D eigenvalue weighted by Gasteiger charge is 2.16. The maximum Gasteiger partial charge on any atom is 0.366 e. The highest BCUT2D eigenvalue weighted by atomic mass is 16.6. The molecule has 0 radical (unpaired) electrons. The molecular weight excluding hydrogens is 220 g/mol. The van der Waals surface area contributed by atoms with E-state index in [4.69, 9.17) is 0 Å². The summed E-state index contributed by atoms with van der Waals surface area (Å²) < 4.78 is 0. The van der Waals surface area contributed by atoms with Gasteiger partial charge in [-0.15, -0.1) is 5.10 Å². The molecule has 1 aromatic rings. The van der Waals surface area contributed by atoms with Crippen LogP contribution in [0.4, 0.5) is 11.5 Å². The van der Waals surface area contributed by atoms with Crippen LogP contribution < -0.4 is 5.32 Å². The Bertz CT molecular complexity index is 351. The van der Waals surface area contributed by atoms with Crippen LogP contribution >= 0.6 is 0 Å². The zero-order valence-electron chi connectivity index (χ0n) is 10.4. The van der Waals surface area contributed by atoms with Crippen molar-refractivity contribution < 1.29 is 4.92 Å². The summed E-state index contributed by atoms with van der Waals surface area (Å²) in [6, 6.07) is 0.225. The summed E-state index contributed by atoms with van der Waals surface area (Å²) in [5.74, 6) is -0.0644. The molecule has 0 aliphatic heterocycles. The Morgan fingerprint density at radius 3 is 2.94 bits per heavy atom. The lowest BCUT2D eigenvalue weighted by Gasteiger charge is -2.12. The Morgan fingerprint density at radius 1 is 1.53 bits per heavy atom. The zero-order valence-corrected chi connectivity index (χ0v) is 10.4. The van der Waals surface area contributed by atoms with Gasteiger partial charge in [0.2, 0.25) is 0 Å². The molecule has 0 fully saturated rings. The second-order valence-electron chi connectivity index (χ2n) is 4.28. The molecule has 0 saturated heterocycles. The molecule has 96 valence electrons. The van der Waals surface area contributed by atoms with Crippen LogP contribution in [0.25, 0.3) is 0 Å². The van der Waals surface area contributed by atoms with Crippen molar-refractivity contribution in [3.05, 3.63) is 16.3 Å². The molecule has 1 heterocycles. The summed E-state index contributed by atoms with van der Waals surface area (Å²) in [5.41, 5.74) is 0.470. The highest BCUT2D eigenvalue weighted by Crippen LogP contribution is 2.21. The Balaban J connectivity index is 2.37. The Hall–Kier alpha value is -1.59. The van der Waals surface area contributed by atoms with Gasteiger partial charge in [-0.3, -0.25) is 0 Å². The molecule has 2 N–H and O–H groups in total. The molecule has 0 aliphatic carbocycles. The summed E-state index contributed by atoms with van der Waals surface area (Å²) in [5, 5.41) is 19.8. The first-order valence-corrected chi connectivity index (χ1v) is 6.09. The summed E-state index contributed by atoms with van der Waals surface area (Å²) in [4.78, 5) is 10.2. The number of unbranched alkanes of at least 4 members (excludes halogenated alkanes) is 3. The van der Waals surface area contributed by atoms with E-state index in [1.165, 1.54) is 25.5 Å². The zero-order chi connectivity index (χ0) is 12.7. The second kappa shape index (κ2) is 6.88. The quantitative estimate of drug-likeness (QED) is 0.415. The molecule has 6 nitrogen and oxygen atoms in total. The topological polar surface area (TPSA) is 83.8 Å². The van der Waals surface area contributed by atoms with E-state index in [0.29, 0.717) is 5.69 Å². The van der Waals surface area contributed by atoms with Crippen molar-refractivity contribution in [2.24, 2.45) is 0 Å². The van der Waals surface area contributed by atoms with Crippen molar-refractivity contribution in [1.82, 2.24) is 10.2 Å². The molecule has 1 rings (SSSR count). The number of anilines is 1. The van der Waals surface area contributed by atoms with E-state index in [1.54, 1.807) is 0 Å². The third kappa shape index (κ3) is 4.42. The monoisotopic (exact) mass is 240 g/mol. The standard InChI is InChI=1S/C11H20N4O2/c1-3-4-5-6-7-9(2)13-10-8-12-14-11(10)15(16)17/h8-9,13H,3-7H2,1-2H3,(H,12,14). The van der Waals surface area contributed by atoms with E-state index in [1.807, 2.05) is 6.92 Å². The smallest absolute Gasteiger partial charge is 0.366 e. The molecule has 0 spiro atoms. The van der Waals surface area contributed by atoms with Crippen molar-refractivity contribution in [3.63, 3.8) is 0 Å². The Kier molecular flexibility index (Phi) is 5.45. The first kappa shape index (κ1) is 13.5. The summed E-state index contributed by atoms with van der Waals surface area (Å²) in [6.07, 6.45) is 7.31. The second-order valence-corrected chi connectivity index (χ2v) is 4.28. The molecule has 0 saturated carbocycles. The lowest BCUT2D eigenvalue weighted by molar-refractivity contribution is -0.388. The number of aromatic nitrogens is 2. The fourth-order valence-corrected chi connectivity index (χ4v) is 1.74. The van der Waals surface area contributed by atoms with Gasteiger partial charge in [0.1, 0.15) is 6.20 Å². The van der Waals surface area contributed by atoms with Gasteiger partial charge in [0.05, 0.1) is 0 Å². The fourth-order valence-electron chi connectivity index (χ4n) is 1.74. The van der Waals surface area contributed by atoms with Crippen molar-refractivity contribution in [1.29, 1.82) is 0 Å². The lowest BCUT2D eigenvalue weighted by atomic mass is 10.1. The van der Waals surface area contributed by atoms with E-state index in [2.05, 4.69) is 22.4 Å². The van der Waals surface area contributed by atoms with Crippen LogP contribution in [0.2, 0.25) is 0 Å². The number of nitro groups is 1. The number of nitrogens with zero attached hydrogens (tertiary/aromatic N) is 2. The van der Waals surface area contributed by atoms with Crippen molar-refractivity contribution >= 4 is 11.5 Å². The van der Waals surface area contributed by atoms with Crippen LogP contribution in [-0.4, -0.2) is 21.2 Å². The van der Waals surface area contributed by atoms with Gasteiger partial charge in [-0.2, -0.15) is 0 Å². The van der Waals surface area contributed by atoms with Gasteiger partial charge < -0.3 is 15.4 Å². The lowest BCUT2D eigenvalue weighted by Crippen LogP contribution is -2.15. The normalized spacial score (nSPS) is 12.4. The molecule has 1 aromatic heterocycles. The Labute approximate surface area is 101 Å². The Morgan fingerprint density at radius 2 is 2.29 bits per heavy atom. The maximum absolute atomic E-state index is 10.7. The van der Waals surface area contributed by atoms with E-state index in [9.17, 15) is 10.1 Å². The maximum atomic E-state index is 10.7. The molecule has 1 atom stereocenters. The van der Waals surface area contributed by atoms with Crippen LogP contribution in [-0.2, 0) is 0 Å². The predicted octanol–water partition coefficient (Wildman–Crippen LogP) is 3.09. The van der Waals surface area contributed by atoms with Crippen LogP contribution in [0.3, 0.4) is 0 Å². The van der Waals surface area contributed by atoms with E-state index < -0.39 is 4.92 Å². The van der Waals surface area contributed by atoms with Crippen molar-refractivity contribution in [2.45, 2.75) is 52.0 Å². The summed E-state index contributed by atoms with van der Waals surface area (Å²) in [7, 11) is 0. The fraction of sp³-hybridized carbons (Fsp3) is 0.727. The van der Waals surface area contributed by atoms with Crippen LogP contribution in [0.15, 0.2) is 6.20 Å². The molecule has 0 aromatic carbocycles. The molecule has 17 heavy (non-hydrogen) atoms. The van der Waals surface area contributed by atoms with Gasteiger partial charge in [-0.25, -0.2) is 0 Å². The number of H-pyrrole nitrogens is 1. The molecule has 0 amide bonds. The summed E-state index contributed by atoms with van der Waals surface area (Å²) >= 11 is 0. The predicted molar refractivity (Wildman–Crippen MR) is 67.1 cm³/mol. The molecule has 1 unspecified atom stereocenters. The average molecular weight is 240 g/mol. The van der Waals surface area contributed by atoms with Crippen molar-refractivity contribution in [3.8, 4) is 0 Å². The molecule has 6 heteroatoms. The van der Waals surface area contributed by atoms with E-state index >= 15 is 0 Å². The average Bonchev–Trinajstić information content (AvgIpc) is 2.72. The van der Waals surface area contributed by atoms with Crippen molar-refractivity contribution in [2.75, 3.05) is 5.32 Å². The number of rotatable bonds is 8. The van der Waals surface area contributed by atoms with E-state index in [0.717, 1.165) is 12.8 Å². The first-order valence-electron chi connectivity index (χ1n) is 6.09. The van der Waals surface area contributed by atoms with Gasteiger partial charge in [0, 0.05) is 6.04 Å². The van der Waals surface area contributed by atoms with Gasteiger partial charge in [-0.05, 0) is 18.3 Å².